The van der Waals surface area contributed by atoms with Gasteiger partial charge in [-0.2, -0.15) is 0 Å². The van der Waals surface area contributed by atoms with Crippen LogP contribution in [-0.4, -0.2) is 65.8 Å². The van der Waals surface area contributed by atoms with E-state index in [4.69, 9.17) is 11.6 Å². The van der Waals surface area contributed by atoms with Gasteiger partial charge in [-0.05, 0) is 24.6 Å². The smallest absolute Gasteiger partial charge is 0.229 e. The molecule has 5 nitrogen and oxygen atoms in total. The van der Waals surface area contributed by atoms with E-state index in [1.54, 1.807) is 0 Å². The van der Waals surface area contributed by atoms with Crippen LogP contribution in [0, 0.1) is 0 Å². The molecule has 2 heterocycles. The molecule has 3 rings (SSSR count). The van der Waals surface area contributed by atoms with Crippen molar-refractivity contribution in [1.29, 1.82) is 0 Å². The van der Waals surface area contributed by atoms with E-state index in [-0.39, 0.29) is 11.8 Å². The molecule has 130 valence electrons. The van der Waals surface area contributed by atoms with Gasteiger partial charge in [-0.15, -0.1) is 0 Å². The fraction of sp³-hybridized carbons (Fsp3) is 0.556. The zero-order chi connectivity index (χ0) is 17.1. The fourth-order valence-electron chi connectivity index (χ4n) is 3.44. The molecule has 2 fully saturated rings. The second kappa shape index (κ2) is 7.64. The molecular weight excluding hydrogens is 326 g/mol. The number of carbonyl (C=O) groups excluding carboxylic acids is 2. The van der Waals surface area contributed by atoms with E-state index in [1.807, 2.05) is 12.1 Å². The standard InChI is InChI=1S/C18H24ClN3O2/c1-14(15-2-4-16(19)5-3-15)21-11-8-20(9-12-21)10-13-22-17(23)6-7-18(22)24/h2-5,14H,6-13H2,1H3/t14-/m1/s1. The van der Waals surface area contributed by atoms with Crippen molar-refractivity contribution in [2.45, 2.75) is 25.8 Å². The number of nitrogens with zero attached hydrogens (tertiary/aromatic N) is 3. The van der Waals surface area contributed by atoms with Gasteiger partial charge in [0.15, 0.2) is 0 Å². The lowest BCUT2D eigenvalue weighted by molar-refractivity contribution is -0.138. The van der Waals surface area contributed by atoms with Crippen molar-refractivity contribution in [2.75, 3.05) is 39.3 Å². The summed E-state index contributed by atoms with van der Waals surface area (Å²) >= 11 is 5.96. The minimum atomic E-state index is -0.0185. The molecule has 0 unspecified atom stereocenters. The third-order valence-electron chi connectivity index (χ3n) is 5.10. The number of rotatable bonds is 5. The first-order valence-corrected chi connectivity index (χ1v) is 8.97. The van der Waals surface area contributed by atoms with Crippen molar-refractivity contribution in [3.63, 3.8) is 0 Å². The fourth-order valence-corrected chi connectivity index (χ4v) is 3.57. The molecule has 0 saturated carbocycles. The van der Waals surface area contributed by atoms with Crippen LogP contribution in [0.5, 0.6) is 0 Å². The molecule has 0 spiro atoms. The van der Waals surface area contributed by atoms with Crippen molar-refractivity contribution in [3.8, 4) is 0 Å². The summed E-state index contributed by atoms with van der Waals surface area (Å²) in [5, 5.41) is 0.766. The number of hydrogen-bond donors (Lipinski definition) is 0. The average molecular weight is 350 g/mol. The van der Waals surface area contributed by atoms with Crippen LogP contribution in [0.4, 0.5) is 0 Å². The second-order valence-corrected chi connectivity index (χ2v) is 6.98. The van der Waals surface area contributed by atoms with Gasteiger partial charge < -0.3 is 0 Å². The molecule has 1 atom stereocenters. The van der Waals surface area contributed by atoms with Gasteiger partial charge in [-0.1, -0.05) is 23.7 Å². The first-order valence-electron chi connectivity index (χ1n) is 8.59. The minimum absolute atomic E-state index is 0.0185. The van der Waals surface area contributed by atoms with Crippen LogP contribution in [0.1, 0.15) is 31.4 Å². The Morgan fingerprint density at radius 3 is 2.12 bits per heavy atom. The molecule has 0 N–H and O–H groups in total. The predicted molar refractivity (Wildman–Crippen MR) is 93.8 cm³/mol. The molecule has 2 saturated heterocycles. The van der Waals surface area contributed by atoms with Crippen LogP contribution >= 0.6 is 11.6 Å². The molecule has 2 aliphatic heterocycles. The number of benzene rings is 1. The third-order valence-corrected chi connectivity index (χ3v) is 5.35. The largest absolute Gasteiger partial charge is 0.299 e. The second-order valence-electron chi connectivity index (χ2n) is 6.54. The molecule has 0 aromatic heterocycles. The van der Waals surface area contributed by atoms with E-state index in [2.05, 4.69) is 28.9 Å². The van der Waals surface area contributed by atoms with Gasteiger partial charge in [0.05, 0.1) is 0 Å². The molecule has 2 amide bonds. The maximum atomic E-state index is 11.6. The van der Waals surface area contributed by atoms with Gasteiger partial charge >= 0.3 is 0 Å². The highest BCUT2D eigenvalue weighted by Crippen LogP contribution is 2.23. The number of hydrogen-bond acceptors (Lipinski definition) is 4. The van der Waals surface area contributed by atoms with Crippen molar-refractivity contribution >= 4 is 23.4 Å². The number of halogens is 1. The number of likely N-dealkylation sites (tertiary alicyclic amines) is 1. The summed E-state index contributed by atoms with van der Waals surface area (Å²) in [6.07, 6.45) is 0.760. The topological polar surface area (TPSA) is 43.9 Å². The summed E-state index contributed by atoms with van der Waals surface area (Å²) in [6.45, 7) is 7.45. The van der Waals surface area contributed by atoms with Crippen LogP contribution in [-0.2, 0) is 9.59 Å². The van der Waals surface area contributed by atoms with Gasteiger partial charge in [0, 0.05) is 63.2 Å². The van der Waals surface area contributed by atoms with E-state index < -0.39 is 0 Å². The molecule has 24 heavy (non-hydrogen) atoms. The van der Waals surface area contributed by atoms with Gasteiger partial charge in [-0.3, -0.25) is 24.3 Å². The number of amides is 2. The monoisotopic (exact) mass is 349 g/mol. The van der Waals surface area contributed by atoms with Crippen LogP contribution in [0.15, 0.2) is 24.3 Å². The summed E-state index contributed by atoms with van der Waals surface area (Å²) in [6, 6.07) is 8.42. The van der Waals surface area contributed by atoms with E-state index in [0.29, 0.717) is 25.4 Å². The van der Waals surface area contributed by atoms with Crippen molar-refractivity contribution in [3.05, 3.63) is 34.9 Å². The summed E-state index contributed by atoms with van der Waals surface area (Å²) in [5.74, 6) is -0.0370. The Balaban J connectivity index is 1.46. The molecule has 0 aliphatic carbocycles. The zero-order valence-electron chi connectivity index (χ0n) is 14.1. The zero-order valence-corrected chi connectivity index (χ0v) is 14.8. The van der Waals surface area contributed by atoms with Gasteiger partial charge in [0.2, 0.25) is 11.8 Å². The molecule has 1 aromatic carbocycles. The SMILES string of the molecule is C[C@H](c1ccc(Cl)cc1)N1CCN(CCN2C(=O)CCC2=O)CC1. The summed E-state index contributed by atoms with van der Waals surface area (Å²) in [7, 11) is 0. The predicted octanol–water partition coefficient (Wildman–Crippen LogP) is 2.17. The van der Waals surface area contributed by atoms with Crippen LogP contribution in [0.25, 0.3) is 0 Å². The Kier molecular flexibility index (Phi) is 5.54. The summed E-state index contributed by atoms with van der Waals surface area (Å²) in [5.41, 5.74) is 1.28. The Bertz CT molecular complexity index is 581. The number of carbonyl (C=O) groups is 2. The quantitative estimate of drug-likeness (QED) is 0.764. The minimum Gasteiger partial charge on any atom is -0.299 e. The van der Waals surface area contributed by atoms with E-state index in [0.717, 1.165) is 37.7 Å². The summed E-state index contributed by atoms with van der Waals surface area (Å²) in [4.78, 5) is 29.5. The third kappa shape index (κ3) is 3.97. The number of imide groups is 1. The first kappa shape index (κ1) is 17.4. The van der Waals surface area contributed by atoms with Crippen molar-refractivity contribution in [1.82, 2.24) is 14.7 Å². The number of piperazine rings is 1. The molecule has 6 heteroatoms. The maximum Gasteiger partial charge on any atom is 0.229 e. The Morgan fingerprint density at radius 2 is 1.54 bits per heavy atom. The van der Waals surface area contributed by atoms with Crippen molar-refractivity contribution < 1.29 is 9.59 Å². The molecule has 0 radical (unpaired) electrons. The molecular formula is C18H24ClN3O2. The molecule has 0 bridgehead atoms. The highest BCUT2D eigenvalue weighted by atomic mass is 35.5. The van der Waals surface area contributed by atoms with E-state index >= 15 is 0 Å². The van der Waals surface area contributed by atoms with Crippen LogP contribution < -0.4 is 0 Å². The van der Waals surface area contributed by atoms with Gasteiger partial charge in [0.1, 0.15) is 0 Å². The Labute approximate surface area is 148 Å². The van der Waals surface area contributed by atoms with Crippen molar-refractivity contribution in [2.24, 2.45) is 0 Å². The normalized spacial score (nSPS) is 21.5. The highest BCUT2D eigenvalue weighted by Gasteiger charge is 2.29. The van der Waals surface area contributed by atoms with E-state index in [9.17, 15) is 9.59 Å². The maximum absolute atomic E-state index is 11.6. The lowest BCUT2D eigenvalue weighted by Gasteiger charge is -2.38. The molecule has 2 aliphatic rings. The van der Waals surface area contributed by atoms with Gasteiger partial charge in [0.25, 0.3) is 0 Å². The van der Waals surface area contributed by atoms with Crippen LogP contribution in [0.2, 0.25) is 5.02 Å². The summed E-state index contributed by atoms with van der Waals surface area (Å²) < 4.78 is 0. The lowest BCUT2D eigenvalue weighted by atomic mass is 10.1. The lowest BCUT2D eigenvalue weighted by Crippen LogP contribution is -2.49. The van der Waals surface area contributed by atoms with Gasteiger partial charge in [-0.25, -0.2) is 0 Å². The highest BCUT2D eigenvalue weighted by molar-refractivity contribution is 6.30. The Morgan fingerprint density at radius 1 is 0.958 bits per heavy atom. The average Bonchev–Trinajstić information content (AvgIpc) is 2.92. The van der Waals surface area contributed by atoms with Crippen LogP contribution in [0.3, 0.4) is 0 Å². The van der Waals surface area contributed by atoms with E-state index in [1.165, 1.54) is 10.5 Å². The molecule has 1 aromatic rings. The Hall–Kier alpha value is -1.43. The first-order chi connectivity index (χ1) is 11.5.